The third-order valence-corrected chi connectivity index (χ3v) is 10.4. The number of amidine groups is 2. The van der Waals surface area contributed by atoms with Gasteiger partial charge in [0, 0.05) is 21.9 Å². The Balaban J connectivity index is 1.12. The first kappa shape index (κ1) is 32.4. The van der Waals surface area contributed by atoms with Crippen LogP contribution in [0.5, 0.6) is 0 Å². The molecular weight excluding hydrogens is 671 g/mol. The van der Waals surface area contributed by atoms with Gasteiger partial charge in [-0.15, -0.1) is 0 Å². The molecule has 1 atom stereocenters. The van der Waals surface area contributed by atoms with E-state index in [1.165, 1.54) is 22.3 Å². The summed E-state index contributed by atoms with van der Waals surface area (Å²) in [7, 11) is 0. The number of nitrogens with zero attached hydrogens (tertiary/aromatic N) is 2. The maximum Gasteiger partial charge on any atom is 0.160 e. The van der Waals surface area contributed by atoms with E-state index in [1.807, 2.05) is 30.3 Å². The van der Waals surface area contributed by atoms with E-state index in [9.17, 15) is 0 Å². The molecule has 0 saturated heterocycles. The molecule has 0 radical (unpaired) electrons. The molecule has 1 aliphatic rings. The minimum atomic E-state index is -0.372. The zero-order chi connectivity index (χ0) is 36.6. The van der Waals surface area contributed by atoms with Gasteiger partial charge in [-0.1, -0.05) is 182 Å². The van der Waals surface area contributed by atoms with Crippen LogP contribution in [-0.2, 0) is 0 Å². The van der Waals surface area contributed by atoms with Gasteiger partial charge in [-0.3, -0.25) is 0 Å². The molecule has 1 N–H and O–H groups in total. The molecule has 9 aromatic rings. The molecule has 8 aromatic carbocycles. The van der Waals surface area contributed by atoms with Crippen LogP contribution < -0.4 is 5.32 Å². The predicted octanol–water partition coefficient (Wildman–Crippen LogP) is 12.7. The van der Waals surface area contributed by atoms with E-state index >= 15 is 0 Å². The van der Waals surface area contributed by atoms with E-state index in [2.05, 4.69) is 175 Å². The largest absolute Gasteiger partial charge is 0.456 e. The highest BCUT2D eigenvalue weighted by atomic mass is 16.3. The van der Waals surface area contributed by atoms with E-state index in [0.29, 0.717) is 5.84 Å². The number of para-hydroxylation sites is 1. The molecule has 0 amide bonds. The van der Waals surface area contributed by atoms with Crippen LogP contribution in [0.1, 0.15) is 22.9 Å². The third-order valence-electron chi connectivity index (χ3n) is 10.4. The number of rotatable bonds is 7. The highest BCUT2D eigenvalue weighted by Crippen LogP contribution is 2.38. The number of aliphatic imine (C=N–C) groups is 2. The summed E-state index contributed by atoms with van der Waals surface area (Å²) in [5.74, 6) is 1.41. The van der Waals surface area contributed by atoms with Crippen molar-refractivity contribution < 1.29 is 4.42 Å². The van der Waals surface area contributed by atoms with Crippen molar-refractivity contribution in [2.45, 2.75) is 6.17 Å². The predicted molar refractivity (Wildman–Crippen MR) is 227 cm³/mol. The Bertz CT molecular complexity index is 2840. The van der Waals surface area contributed by atoms with E-state index < -0.39 is 0 Å². The van der Waals surface area contributed by atoms with Crippen molar-refractivity contribution in [2.75, 3.05) is 0 Å². The molecule has 55 heavy (non-hydrogen) atoms. The van der Waals surface area contributed by atoms with E-state index in [-0.39, 0.29) is 6.17 Å². The second-order valence-electron chi connectivity index (χ2n) is 13.8. The number of furan rings is 1. The van der Waals surface area contributed by atoms with Gasteiger partial charge < -0.3 is 9.73 Å². The van der Waals surface area contributed by atoms with Crippen LogP contribution in [0.15, 0.2) is 215 Å². The average Bonchev–Trinajstić information content (AvgIpc) is 3.66. The number of hydrogen-bond acceptors (Lipinski definition) is 4. The summed E-state index contributed by atoms with van der Waals surface area (Å²) in [5, 5.41) is 5.73. The van der Waals surface area contributed by atoms with Gasteiger partial charge in [0.05, 0.1) is 0 Å². The summed E-state index contributed by atoms with van der Waals surface area (Å²) in [4.78, 5) is 10.7. The molecule has 0 bridgehead atoms. The van der Waals surface area contributed by atoms with Crippen molar-refractivity contribution in [3.05, 3.63) is 217 Å². The average molecular weight is 706 g/mol. The van der Waals surface area contributed by atoms with E-state index in [0.717, 1.165) is 66.7 Å². The fraction of sp³-hybridized carbons (Fsp3) is 0.0196. The van der Waals surface area contributed by atoms with Crippen molar-refractivity contribution in [1.82, 2.24) is 5.32 Å². The number of fused-ring (bicyclic) bond motifs is 3. The Morgan fingerprint density at radius 2 is 0.855 bits per heavy atom. The number of nitrogens with one attached hydrogen (secondary N) is 1. The molecule has 2 heterocycles. The molecule has 1 aromatic heterocycles. The first-order chi connectivity index (χ1) is 27.2. The lowest BCUT2D eigenvalue weighted by atomic mass is 9.96. The molecule has 10 rings (SSSR count). The first-order valence-corrected chi connectivity index (χ1v) is 18.6. The second-order valence-corrected chi connectivity index (χ2v) is 13.8. The monoisotopic (exact) mass is 705 g/mol. The van der Waals surface area contributed by atoms with E-state index in [1.54, 1.807) is 0 Å². The number of benzene rings is 8. The van der Waals surface area contributed by atoms with Gasteiger partial charge in [-0.25, -0.2) is 9.98 Å². The summed E-state index contributed by atoms with van der Waals surface area (Å²) < 4.78 is 6.55. The fourth-order valence-electron chi connectivity index (χ4n) is 7.51. The van der Waals surface area contributed by atoms with Crippen molar-refractivity contribution in [1.29, 1.82) is 0 Å². The normalized spacial score (nSPS) is 14.0. The van der Waals surface area contributed by atoms with Gasteiger partial charge in [0.25, 0.3) is 0 Å². The van der Waals surface area contributed by atoms with Crippen molar-refractivity contribution in [3.63, 3.8) is 0 Å². The van der Waals surface area contributed by atoms with Crippen LogP contribution in [0.25, 0.3) is 66.4 Å². The van der Waals surface area contributed by atoms with Crippen molar-refractivity contribution in [3.8, 4) is 44.5 Å². The summed E-state index contributed by atoms with van der Waals surface area (Å²) in [6.07, 6.45) is -0.372. The van der Waals surface area contributed by atoms with Crippen molar-refractivity contribution in [2.24, 2.45) is 9.98 Å². The first-order valence-electron chi connectivity index (χ1n) is 18.6. The maximum atomic E-state index is 6.55. The lowest BCUT2D eigenvalue weighted by Crippen LogP contribution is -2.33. The molecule has 0 spiro atoms. The number of hydrogen-bond donors (Lipinski definition) is 1. The highest BCUT2D eigenvalue weighted by molar-refractivity contribution is 6.22. The summed E-state index contributed by atoms with van der Waals surface area (Å²) >= 11 is 0. The SMILES string of the molecule is c1ccc(-c2ccc(C3=NC(c4cc(-c5ccc(-c6ccccc6)cc5)cc5oc6ccccc6c45)=NC(c4ccc(-c5ccccc5)cc4)N3)cc2)cc1. The van der Waals surface area contributed by atoms with Crippen molar-refractivity contribution >= 4 is 33.6 Å². The van der Waals surface area contributed by atoms with Gasteiger partial charge in [0.15, 0.2) is 5.84 Å². The summed E-state index contributed by atoms with van der Waals surface area (Å²) in [5.41, 5.74) is 13.7. The minimum absolute atomic E-state index is 0.372. The fourth-order valence-corrected chi connectivity index (χ4v) is 7.51. The van der Waals surface area contributed by atoms with Gasteiger partial charge in [0.1, 0.15) is 23.2 Å². The van der Waals surface area contributed by atoms with Crippen LogP contribution in [0.3, 0.4) is 0 Å². The molecular formula is C51H35N3O. The Kier molecular flexibility index (Phi) is 8.19. The maximum absolute atomic E-state index is 6.55. The standard InChI is InChI=1S/C51H35N3O/c1-4-12-34(13-5-1)37-20-22-40(23-21-37)43-32-45(48-44-18-10-11-19-46(44)55-47(48)33-43)51-53-49(41-28-24-38(25-29-41)35-14-6-2-7-15-35)52-50(54-51)42-30-26-39(27-31-42)36-16-8-3-9-17-36/h1-33,49H,(H,52,53,54). The molecule has 0 aliphatic carbocycles. The highest BCUT2D eigenvalue weighted by Gasteiger charge is 2.25. The second kappa shape index (κ2) is 13.9. The van der Waals surface area contributed by atoms with Crippen LogP contribution >= 0.6 is 0 Å². The van der Waals surface area contributed by atoms with Gasteiger partial charge >= 0.3 is 0 Å². The van der Waals surface area contributed by atoms with E-state index in [4.69, 9.17) is 14.4 Å². The molecule has 1 unspecified atom stereocenters. The van der Waals surface area contributed by atoms with Crippen LogP contribution in [-0.4, -0.2) is 11.7 Å². The van der Waals surface area contributed by atoms with Gasteiger partial charge in [-0.2, -0.15) is 0 Å². The Morgan fingerprint density at radius 3 is 1.42 bits per heavy atom. The molecule has 1 aliphatic heterocycles. The minimum Gasteiger partial charge on any atom is -0.456 e. The quantitative estimate of drug-likeness (QED) is 0.179. The Labute approximate surface area is 319 Å². The summed E-state index contributed by atoms with van der Waals surface area (Å²) in [6, 6.07) is 69.9. The lowest BCUT2D eigenvalue weighted by molar-refractivity contribution is 0.668. The zero-order valence-corrected chi connectivity index (χ0v) is 29.9. The smallest absolute Gasteiger partial charge is 0.160 e. The molecule has 260 valence electrons. The molecule has 0 fully saturated rings. The molecule has 4 heteroatoms. The van der Waals surface area contributed by atoms with Gasteiger partial charge in [-0.05, 0) is 68.3 Å². The summed E-state index contributed by atoms with van der Waals surface area (Å²) in [6.45, 7) is 0. The molecule has 0 saturated carbocycles. The van der Waals surface area contributed by atoms with Crippen LogP contribution in [0.2, 0.25) is 0 Å². The lowest BCUT2D eigenvalue weighted by Gasteiger charge is -2.24. The third kappa shape index (κ3) is 6.30. The van der Waals surface area contributed by atoms with Gasteiger partial charge in [0.2, 0.25) is 0 Å². The van der Waals surface area contributed by atoms with Crippen LogP contribution in [0.4, 0.5) is 0 Å². The zero-order valence-electron chi connectivity index (χ0n) is 29.9. The molecule has 4 nitrogen and oxygen atoms in total. The Hall–Kier alpha value is -7.30. The Morgan fingerprint density at radius 1 is 0.400 bits per heavy atom. The van der Waals surface area contributed by atoms with Crippen LogP contribution in [0, 0.1) is 0 Å². The topological polar surface area (TPSA) is 49.9 Å².